The number of nitrogens with one attached hydrogen (secondary N) is 1. The second-order valence-electron chi connectivity index (χ2n) is 5.44. The summed E-state index contributed by atoms with van der Waals surface area (Å²) in [7, 11) is 1.31. The number of aromatic nitrogens is 2. The number of anilines is 1. The summed E-state index contributed by atoms with van der Waals surface area (Å²) in [6.07, 6.45) is 0. The number of carbonyl (C=O) groups is 2. The SMILES string of the molecule is COC(=O)c1cccc(NC(=O)c2cc(C)nn2-c2ccccc2)c1. The lowest BCUT2D eigenvalue weighted by atomic mass is 10.2. The minimum Gasteiger partial charge on any atom is -0.465 e. The third kappa shape index (κ3) is 3.58. The normalized spacial score (nSPS) is 10.3. The molecule has 0 saturated carbocycles. The quantitative estimate of drug-likeness (QED) is 0.743. The second-order valence-corrected chi connectivity index (χ2v) is 5.44. The van der Waals surface area contributed by atoms with Crippen LogP contribution in [0.1, 0.15) is 26.5 Å². The maximum absolute atomic E-state index is 12.7. The fourth-order valence-electron chi connectivity index (χ4n) is 2.46. The Kier molecular flexibility index (Phi) is 4.61. The highest BCUT2D eigenvalue weighted by Crippen LogP contribution is 2.16. The van der Waals surface area contributed by atoms with Gasteiger partial charge in [-0.15, -0.1) is 0 Å². The number of hydrogen-bond donors (Lipinski definition) is 1. The number of methoxy groups -OCH3 is 1. The Labute approximate surface area is 145 Å². The summed E-state index contributed by atoms with van der Waals surface area (Å²) >= 11 is 0. The number of para-hydroxylation sites is 1. The van der Waals surface area contributed by atoms with Crippen LogP contribution >= 0.6 is 0 Å². The monoisotopic (exact) mass is 335 g/mol. The largest absolute Gasteiger partial charge is 0.465 e. The highest BCUT2D eigenvalue weighted by molar-refractivity contribution is 6.04. The van der Waals surface area contributed by atoms with E-state index in [1.165, 1.54) is 7.11 Å². The average molecular weight is 335 g/mol. The number of hydrogen-bond acceptors (Lipinski definition) is 4. The van der Waals surface area contributed by atoms with Crippen molar-refractivity contribution in [1.29, 1.82) is 0 Å². The Morgan fingerprint density at radius 2 is 1.80 bits per heavy atom. The molecule has 0 atom stereocenters. The Hall–Kier alpha value is -3.41. The van der Waals surface area contributed by atoms with E-state index in [0.717, 1.165) is 11.4 Å². The van der Waals surface area contributed by atoms with E-state index in [1.54, 1.807) is 35.0 Å². The highest BCUT2D eigenvalue weighted by Gasteiger charge is 2.16. The molecular weight excluding hydrogens is 318 g/mol. The van der Waals surface area contributed by atoms with Crippen molar-refractivity contribution in [2.45, 2.75) is 6.92 Å². The van der Waals surface area contributed by atoms with Gasteiger partial charge in [0.25, 0.3) is 5.91 Å². The van der Waals surface area contributed by atoms with Crippen LogP contribution < -0.4 is 5.32 Å². The van der Waals surface area contributed by atoms with Gasteiger partial charge in [-0.25, -0.2) is 9.48 Å². The zero-order valence-corrected chi connectivity index (χ0v) is 13.9. The molecule has 25 heavy (non-hydrogen) atoms. The molecule has 1 N–H and O–H groups in total. The summed E-state index contributed by atoms with van der Waals surface area (Å²) in [4.78, 5) is 24.3. The lowest BCUT2D eigenvalue weighted by Crippen LogP contribution is -2.17. The summed E-state index contributed by atoms with van der Waals surface area (Å²) in [6, 6.07) is 17.7. The Bertz CT molecular complexity index is 917. The van der Waals surface area contributed by atoms with Gasteiger partial charge in [-0.2, -0.15) is 5.10 Å². The first-order valence-corrected chi connectivity index (χ1v) is 7.70. The van der Waals surface area contributed by atoms with Crippen LogP contribution in [0.15, 0.2) is 60.7 Å². The minimum atomic E-state index is -0.457. The first kappa shape index (κ1) is 16.4. The third-order valence-corrected chi connectivity index (χ3v) is 3.61. The fraction of sp³-hybridized carbons (Fsp3) is 0.105. The molecule has 0 aliphatic carbocycles. The van der Waals surface area contributed by atoms with E-state index in [2.05, 4.69) is 10.4 Å². The molecular formula is C19H17N3O3. The van der Waals surface area contributed by atoms with Crippen LogP contribution in [0.25, 0.3) is 5.69 Å². The van der Waals surface area contributed by atoms with E-state index in [0.29, 0.717) is 16.9 Å². The fourth-order valence-corrected chi connectivity index (χ4v) is 2.46. The van der Waals surface area contributed by atoms with Crippen molar-refractivity contribution < 1.29 is 14.3 Å². The van der Waals surface area contributed by atoms with Crippen LogP contribution in [0.4, 0.5) is 5.69 Å². The molecule has 0 saturated heterocycles. The van der Waals surface area contributed by atoms with Gasteiger partial charge in [-0.3, -0.25) is 4.79 Å². The molecule has 0 radical (unpaired) electrons. The van der Waals surface area contributed by atoms with Crippen molar-refractivity contribution in [2.24, 2.45) is 0 Å². The number of esters is 1. The van der Waals surface area contributed by atoms with Gasteiger partial charge in [0.1, 0.15) is 5.69 Å². The minimum absolute atomic E-state index is 0.313. The summed E-state index contributed by atoms with van der Waals surface area (Å²) in [6.45, 7) is 1.83. The van der Waals surface area contributed by atoms with Crippen LogP contribution in [0.5, 0.6) is 0 Å². The number of aryl methyl sites for hydroxylation is 1. The van der Waals surface area contributed by atoms with Gasteiger partial charge >= 0.3 is 5.97 Å². The first-order valence-electron chi connectivity index (χ1n) is 7.70. The van der Waals surface area contributed by atoms with Gasteiger partial charge in [-0.1, -0.05) is 24.3 Å². The molecule has 0 spiro atoms. The molecule has 2 aromatic carbocycles. The van der Waals surface area contributed by atoms with Crippen LogP contribution in [0, 0.1) is 6.92 Å². The van der Waals surface area contributed by atoms with Gasteiger partial charge < -0.3 is 10.1 Å². The molecule has 126 valence electrons. The summed E-state index contributed by atoms with van der Waals surface area (Å²) in [5.74, 6) is -0.771. The van der Waals surface area contributed by atoms with Crippen LogP contribution in [-0.2, 0) is 4.74 Å². The Morgan fingerprint density at radius 3 is 2.52 bits per heavy atom. The van der Waals surface area contributed by atoms with Crippen molar-refractivity contribution in [1.82, 2.24) is 9.78 Å². The predicted octanol–water partition coefficient (Wildman–Crippen LogP) is 3.22. The second kappa shape index (κ2) is 7.00. The number of carbonyl (C=O) groups excluding carboxylic acids is 2. The molecule has 1 aromatic heterocycles. The smallest absolute Gasteiger partial charge is 0.337 e. The third-order valence-electron chi connectivity index (χ3n) is 3.61. The van der Waals surface area contributed by atoms with Crippen molar-refractivity contribution in [3.05, 3.63) is 77.6 Å². The highest BCUT2D eigenvalue weighted by atomic mass is 16.5. The van der Waals surface area contributed by atoms with E-state index in [1.807, 2.05) is 37.3 Å². The number of benzene rings is 2. The van der Waals surface area contributed by atoms with Crippen LogP contribution in [0.2, 0.25) is 0 Å². The van der Waals surface area contributed by atoms with Crippen molar-refractivity contribution >= 4 is 17.6 Å². The molecule has 0 aliphatic rings. The number of amides is 1. The van der Waals surface area contributed by atoms with Gasteiger partial charge in [0.15, 0.2) is 0 Å². The zero-order valence-electron chi connectivity index (χ0n) is 13.9. The van der Waals surface area contributed by atoms with Crippen molar-refractivity contribution in [2.75, 3.05) is 12.4 Å². The van der Waals surface area contributed by atoms with Crippen LogP contribution in [-0.4, -0.2) is 28.8 Å². The van der Waals surface area contributed by atoms with Gasteiger partial charge in [0, 0.05) is 5.69 Å². The molecule has 0 aliphatic heterocycles. The molecule has 6 heteroatoms. The topological polar surface area (TPSA) is 73.2 Å². The number of rotatable bonds is 4. The van der Waals surface area contributed by atoms with Gasteiger partial charge in [0.2, 0.25) is 0 Å². The lowest BCUT2D eigenvalue weighted by Gasteiger charge is -2.09. The number of ether oxygens (including phenoxy) is 1. The summed E-state index contributed by atoms with van der Waals surface area (Å²) < 4.78 is 6.29. The standard InChI is InChI=1S/C19H17N3O3/c1-13-11-17(22(21-13)16-9-4-3-5-10-16)18(23)20-15-8-6-7-14(12-15)19(24)25-2/h3-12H,1-2H3,(H,20,23). The summed E-state index contributed by atoms with van der Waals surface area (Å²) in [5, 5.41) is 7.18. The summed E-state index contributed by atoms with van der Waals surface area (Å²) in [5.41, 5.74) is 2.81. The molecule has 1 heterocycles. The molecule has 6 nitrogen and oxygen atoms in total. The van der Waals surface area contributed by atoms with E-state index in [4.69, 9.17) is 4.74 Å². The lowest BCUT2D eigenvalue weighted by molar-refractivity contribution is 0.0600. The zero-order chi connectivity index (χ0) is 17.8. The van der Waals surface area contributed by atoms with Crippen molar-refractivity contribution in [3.8, 4) is 5.69 Å². The van der Waals surface area contributed by atoms with Crippen LogP contribution in [0.3, 0.4) is 0 Å². The Morgan fingerprint density at radius 1 is 1.04 bits per heavy atom. The van der Waals surface area contributed by atoms with E-state index in [-0.39, 0.29) is 5.91 Å². The average Bonchev–Trinajstić information content (AvgIpc) is 3.04. The van der Waals surface area contributed by atoms with E-state index in [9.17, 15) is 9.59 Å². The predicted molar refractivity (Wildman–Crippen MR) is 94.0 cm³/mol. The molecule has 0 bridgehead atoms. The molecule has 3 rings (SSSR count). The molecule has 0 unspecified atom stereocenters. The van der Waals surface area contributed by atoms with Gasteiger partial charge in [-0.05, 0) is 43.3 Å². The molecule has 0 fully saturated rings. The molecule has 3 aromatic rings. The van der Waals surface area contributed by atoms with E-state index >= 15 is 0 Å². The Balaban J connectivity index is 1.89. The maximum atomic E-state index is 12.7. The van der Waals surface area contributed by atoms with Crippen molar-refractivity contribution in [3.63, 3.8) is 0 Å². The maximum Gasteiger partial charge on any atom is 0.337 e. The van der Waals surface area contributed by atoms with Gasteiger partial charge in [0.05, 0.1) is 24.1 Å². The number of nitrogens with zero attached hydrogens (tertiary/aromatic N) is 2. The van der Waals surface area contributed by atoms with E-state index < -0.39 is 5.97 Å². The first-order chi connectivity index (χ1) is 12.1. The molecule has 1 amide bonds.